The van der Waals surface area contributed by atoms with Crippen molar-refractivity contribution in [2.45, 2.75) is 0 Å². The molecule has 11 heteroatoms. The third kappa shape index (κ3) is 2.74. The highest BCUT2D eigenvalue weighted by molar-refractivity contribution is 5.74. The fourth-order valence-electron chi connectivity index (χ4n) is 1.95. The number of hydrogen-bond acceptors (Lipinski definition) is 3. The van der Waals surface area contributed by atoms with Crippen LogP contribution in [-0.2, 0) is 0 Å². The Bertz CT molecular complexity index is 1070. The van der Waals surface area contributed by atoms with Gasteiger partial charge in [0.15, 0.2) is 34.8 Å². The van der Waals surface area contributed by atoms with Gasteiger partial charge in [-0.15, -0.1) is 0 Å². The van der Waals surface area contributed by atoms with Crippen LogP contribution in [0.3, 0.4) is 0 Å². The van der Waals surface area contributed by atoms with Gasteiger partial charge in [0.2, 0.25) is 22.9 Å². The van der Waals surface area contributed by atoms with Crippen molar-refractivity contribution >= 4 is 11.4 Å². The number of halogens is 6. The van der Waals surface area contributed by atoms with Crippen LogP contribution in [0.25, 0.3) is 9.69 Å². The summed E-state index contributed by atoms with van der Waals surface area (Å²) in [6.45, 7) is 13.4. The molecule has 0 bridgehead atoms. The van der Waals surface area contributed by atoms with Gasteiger partial charge < -0.3 is 4.74 Å². The van der Waals surface area contributed by atoms with Gasteiger partial charge in [-0.3, -0.25) is 0 Å². The molecule has 0 aliphatic carbocycles. The van der Waals surface area contributed by atoms with E-state index in [-0.39, 0.29) is 0 Å². The van der Waals surface area contributed by atoms with E-state index in [1.807, 2.05) is 0 Å². The first-order chi connectivity index (χ1) is 12.7. The van der Waals surface area contributed by atoms with Crippen molar-refractivity contribution in [1.29, 1.82) is 10.5 Å². The van der Waals surface area contributed by atoms with E-state index in [1.165, 1.54) is 0 Å². The number of ether oxygens (including phenoxy) is 1. The standard InChI is InChI=1S/C16F6N4O/c1-25-13-9(19)11(21)16(12(22)14(13)26-2)27-15-8(18)6(4-24)5(3-23)7(17)10(15)20. The second-order valence-corrected chi connectivity index (χ2v) is 4.54. The van der Waals surface area contributed by atoms with E-state index >= 15 is 0 Å². The summed E-state index contributed by atoms with van der Waals surface area (Å²) in [7, 11) is 0. The quantitative estimate of drug-likeness (QED) is 0.412. The Morgan fingerprint density at radius 2 is 1.04 bits per heavy atom. The summed E-state index contributed by atoms with van der Waals surface area (Å²) < 4.78 is 88.2. The zero-order chi connectivity index (χ0) is 20.5. The number of nitriles is 2. The summed E-state index contributed by atoms with van der Waals surface area (Å²) in [6, 6.07) is 2.09. The van der Waals surface area contributed by atoms with E-state index in [1.54, 1.807) is 0 Å². The first kappa shape index (κ1) is 19.1. The molecule has 0 aliphatic rings. The van der Waals surface area contributed by atoms with Crippen molar-refractivity contribution in [1.82, 2.24) is 0 Å². The Hall–Kier alpha value is -4.22. The molecule has 0 saturated carbocycles. The molecule has 5 nitrogen and oxygen atoms in total. The van der Waals surface area contributed by atoms with Crippen LogP contribution >= 0.6 is 0 Å². The Morgan fingerprint density at radius 1 is 0.630 bits per heavy atom. The molecule has 0 fully saturated rings. The molecule has 2 aromatic carbocycles. The predicted octanol–water partition coefficient (Wildman–Crippen LogP) is 5.16. The van der Waals surface area contributed by atoms with Gasteiger partial charge in [0, 0.05) is 0 Å². The van der Waals surface area contributed by atoms with Crippen LogP contribution in [0.5, 0.6) is 11.5 Å². The Morgan fingerprint density at radius 3 is 1.52 bits per heavy atom. The highest BCUT2D eigenvalue weighted by Gasteiger charge is 2.31. The highest BCUT2D eigenvalue weighted by atomic mass is 19.2. The van der Waals surface area contributed by atoms with Crippen LogP contribution in [0.15, 0.2) is 0 Å². The zero-order valence-electron chi connectivity index (χ0n) is 12.5. The fraction of sp³-hybridized carbons (Fsp3) is 0. The molecule has 132 valence electrons. The van der Waals surface area contributed by atoms with Crippen LogP contribution in [0.4, 0.5) is 37.7 Å². The van der Waals surface area contributed by atoms with E-state index in [0.29, 0.717) is 0 Å². The minimum Gasteiger partial charge on any atom is -0.446 e. The summed E-state index contributed by atoms with van der Waals surface area (Å²) in [5.74, 6) is -16.2. The Kier molecular flexibility index (Phi) is 4.92. The Labute approximate surface area is 146 Å². The normalized spacial score (nSPS) is 9.70. The van der Waals surface area contributed by atoms with Gasteiger partial charge >= 0.3 is 0 Å². The topological polar surface area (TPSA) is 65.5 Å². The number of rotatable bonds is 2. The SMILES string of the molecule is [C-]#[N+]c1c(F)c(F)c(Oc2c(F)c(F)c(C#N)c(C#N)c2F)c(F)c1[N+]#[C-]. The van der Waals surface area contributed by atoms with Crippen molar-refractivity contribution in [2.75, 3.05) is 0 Å². The maximum absolute atomic E-state index is 14.2. The molecular formula is C16F6N4O. The van der Waals surface area contributed by atoms with Crippen molar-refractivity contribution in [3.05, 3.63) is 68.9 Å². The highest BCUT2D eigenvalue weighted by Crippen LogP contribution is 2.44. The molecule has 2 aromatic rings. The molecule has 2 rings (SSSR count). The molecule has 0 N–H and O–H groups in total. The van der Waals surface area contributed by atoms with Gasteiger partial charge in [-0.1, -0.05) is 0 Å². The number of benzene rings is 2. The second-order valence-electron chi connectivity index (χ2n) is 4.54. The van der Waals surface area contributed by atoms with E-state index < -0.39 is 68.9 Å². The first-order valence-corrected chi connectivity index (χ1v) is 6.38. The molecule has 0 heterocycles. The molecule has 0 saturated heterocycles. The molecule has 0 atom stereocenters. The van der Waals surface area contributed by atoms with Gasteiger partial charge in [0.05, 0.1) is 13.1 Å². The van der Waals surface area contributed by atoms with Crippen molar-refractivity contribution < 1.29 is 31.1 Å². The van der Waals surface area contributed by atoms with Gasteiger partial charge in [0.1, 0.15) is 23.3 Å². The lowest BCUT2D eigenvalue weighted by Crippen LogP contribution is -2.06. The zero-order valence-corrected chi connectivity index (χ0v) is 12.5. The van der Waals surface area contributed by atoms with Crippen LogP contribution in [0, 0.1) is 70.7 Å². The average molecular weight is 378 g/mol. The maximum atomic E-state index is 14.2. The summed E-state index contributed by atoms with van der Waals surface area (Å²) >= 11 is 0. The Balaban J connectivity index is 2.85. The molecule has 0 amide bonds. The molecule has 0 unspecified atom stereocenters. The third-order valence-corrected chi connectivity index (χ3v) is 3.16. The van der Waals surface area contributed by atoms with Crippen LogP contribution < -0.4 is 4.74 Å². The molecule has 0 aromatic heterocycles. The minimum absolute atomic E-state index is 1.04. The minimum atomic E-state index is -2.22. The molecule has 0 spiro atoms. The predicted molar refractivity (Wildman–Crippen MR) is 74.7 cm³/mol. The van der Waals surface area contributed by atoms with Crippen molar-refractivity contribution in [2.24, 2.45) is 0 Å². The third-order valence-electron chi connectivity index (χ3n) is 3.16. The maximum Gasteiger partial charge on any atom is 0.236 e. The average Bonchev–Trinajstić information content (AvgIpc) is 2.66. The van der Waals surface area contributed by atoms with Crippen molar-refractivity contribution in [3.8, 4) is 23.6 Å². The summed E-state index contributed by atoms with van der Waals surface area (Å²) in [5.41, 5.74) is -5.32. The van der Waals surface area contributed by atoms with Gasteiger partial charge in [-0.25, -0.2) is 31.6 Å². The van der Waals surface area contributed by atoms with Crippen LogP contribution in [0.2, 0.25) is 0 Å². The van der Waals surface area contributed by atoms with Crippen molar-refractivity contribution in [3.63, 3.8) is 0 Å². The van der Waals surface area contributed by atoms with Crippen LogP contribution in [-0.4, -0.2) is 0 Å². The molecular weight excluding hydrogens is 378 g/mol. The monoisotopic (exact) mass is 378 g/mol. The first-order valence-electron chi connectivity index (χ1n) is 6.38. The number of nitrogens with zero attached hydrogens (tertiary/aromatic N) is 4. The molecule has 0 aliphatic heterocycles. The van der Waals surface area contributed by atoms with E-state index in [4.69, 9.17) is 23.7 Å². The van der Waals surface area contributed by atoms with Gasteiger partial charge in [0.25, 0.3) is 0 Å². The largest absolute Gasteiger partial charge is 0.446 e. The van der Waals surface area contributed by atoms with Gasteiger partial charge in [-0.2, -0.15) is 14.9 Å². The molecule has 0 radical (unpaired) electrons. The second kappa shape index (κ2) is 6.95. The van der Waals surface area contributed by atoms with Gasteiger partial charge in [-0.05, 0) is 0 Å². The van der Waals surface area contributed by atoms with E-state index in [0.717, 1.165) is 12.1 Å². The number of hydrogen-bond donors (Lipinski definition) is 0. The fourth-order valence-corrected chi connectivity index (χ4v) is 1.95. The molecule has 27 heavy (non-hydrogen) atoms. The summed E-state index contributed by atoms with van der Waals surface area (Å²) in [5, 5.41) is 17.4. The van der Waals surface area contributed by atoms with Crippen LogP contribution in [0.1, 0.15) is 11.1 Å². The summed E-state index contributed by atoms with van der Waals surface area (Å²) in [4.78, 5) is 4.93. The smallest absolute Gasteiger partial charge is 0.236 e. The van der Waals surface area contributed by atoms with E-state index in [2.05, 4.69) is 14.4 Å². The lowest BCUT2D eigenvalue weighted by molar-refractivity contribution is 0.346. The summed E-state index contributed by atoms with van der Waals surface area (Å²) in [6.07, 6.45) is 0. The lowest BCUT2D eigenvalue weighted by atomic mass is 10.1. The van der Waals surface area contributed by atoms with E-state index in [9.17, 15) is 26.3 Å². The lowest BCUT2D eigenvalue weighted by Gasteiger charge is -2.13.